The van der Waals surface area contributed by atoms with Crippen molar-refractivity contribution in [3.05, 3.63) is 67.3 Å². The first kappa shape index (κ1) is 19.7. The molecule has 4 heterocycles. The second-order valence-corrected chi connectivity index (χ2v) is 9.58. The molecule has 0 bridgehead atoms. The van der Waals surface area contributed by atoms with Gasteiger partial charge in [-0.05, 0) is 23.8 Å². The van der Waals surface area contributed by atoms with Crippen LogP contribution in [-0.2, 0) is 10.0 Å². The van der Waals surface area contributed by atoms with Crippen LogP contribution in [0.25, 0.3) is 27.7 Å². The predicted octanol–water partition coefficient (Wildman–Crippen LogP) is 2.56. The van der Waals surface area contributed by atoms with E-state index in [0.717, 1.165) is 33.5 Å². The van der Waals surface area contributed by atoms with Gasteiger partial charge in [0.15, 0.2) is 0 Å². The van der Waals surface area contributed by atoms with Gasteiger partial charge in [0.2, 0.25) is 10.0 Å². The number of hydrogen-bond donors (Lipinski definition) is 0. The Labute approximate surface area is 180 Å². The number of pyridine rings is 2. The molecule has 1 aromatic carbocycles. The number of hydrogen-bond acceptors (Lipinski definition) is 6. The summed E-state index contributed by atoms with van der Waals surface area (Å²) in [5, 5.41) is 5.65. The number of anilines is 1. The molecule has 0 spiro atoms. The minimum absolute atomic E-state index is 0.462. The second kappa shape index (κ2) is 7.75. The maximum Gasteiger partial charge on any atom is 0.211 e. The van der Waals surface area contributed by atoms with Gasteiger partial charge < -0.3 is 4.90 Å². The Bertz CT molecular complexity index is 1330. The van der Waals surface area contributed by atoms with Crippen molar-refractivity contribution in [3.63, 3.8) is 0 Å². The molecule has 1 fully saturated rings. The normalized spacial score (nSPS) is 15.5. The van der Waals surface area contributed by atoms with Crippen LogP contribution in [0.4, 0.5) is 5.82 Å². The summed E-state index contributed by atoms with van der Waals surface area (Å²) in [6, 6.07) is 14.1. The molecule has 0 N–H and O–H groups in total. The monoisotopic (exact) mass is 434 g/mol. The molecule has 0 aliphatic carbocycles. The molecule has 1 aliphatic rings. The molecular formula is C22H22N6O2S. The van der Waals surface area contributed by atoms with E-state index in [1.54, 1.807) is 12.4 Å². The van der Waals surface area contributed by atoms with Crippen LogP contribution < -0.4 is 4.90 Å². The number of fused-ring (bicyclic) bond motifs is 1. The first-order valence-corrected chi connectivity index (χ1v) is 11.9. The molecule has 8 nitrogen and oxygen atoms in total. The number of sulfonamides is 1. The lowest BCUT2D eigenvalue weighted by atomic mass is 10.1. The van der Waals surface area contributed by atoms with Gasteiger partial charge in [-0.25, -0.2) is 18.1 Å². The maximum atomic E-state index is 11.8. The highest BCUT2D eigenvalue weighted by Crippen LogP contribution is 2.26. The maximum absolute atomic E-state index is 11.8. The predicted molar refractivity (Wildman–Crippen MR) is 121 cm³/mol. The largest absolute Gasteiger partial charge is 0.354 e. The highest BCUT2D eigenvalue weighted by atomic mass is 32.2. The van der Waals surface area contributed by atoms with Gasteiger partial charge in [-0.15, -0.1) is 0 Å². The molecule has 1 saturated heterocycles. The molecule has 0 amide bonds. The molecule has 0 saturated carbocycles. The Balaban J connectivity index is 1.46. The molecule has 0 radical (unpaired) electrons. The van der Waals surface area contributed by atoms with E-state index in [2.05, 4.69) is 38.2 Å². The van der Waals surface area contributed by atoms with Gasteiger partial charge in [-0.1, -0.05) is 18.2 Å². The highest BCUT2D eigenvalue weighted by molar-refractivity contribution is 7.88. The van der Waals surface area contributed by atoms with Crippen molar-refractivity contribution in [3.8, 4) is 16.8 Å². The lowest BCUT2D eigenvalue weighted by Gasteiger charge is -2.34. The van der Waals surface area contributed by atoms with Crippen molar-refractivity contribution in [1.82, 2.24) is 24.1 Å². The third-order valence-corrected chi connectivity index (χ3v) is 6.87. The molecule has 31 heavy (non-hydrogen) atoms. The SMILES string of the molecule is CS(=O)(=O)N1CCN(c2cc(-n3ncc4ccc(-c5cccnc5)cc43)ccn2)CC1. The van der Waals surface area contributed by atoms with Crippen LogP contribution in [0, 0.1) is 0 Å². The van der Waals surface area contributed by atoms with Gasteiger partial charge in [0, 0.05) is 61.8 Å². The Hall–Kier alpha value is -3.30. The van der Waals surface area contributed by atoms with E-state index >= 15 is 0 Å². The fourth-order valence-electron chi connectivity index (χ4n) is 3.90. The van der Waals surface area contributed by atoms with Crippen molar-refractivity contribution in [2.75, 3.05) is 37.3 Å². The zero-order chi connectivity index (χ0) is 21.4. The summed E-state index contributed by atoms with van der Waals surface area (Å²) in [6.07, 6.45) is 8.49. The summed E-state index contributed by atoms with van der Waals surface area (Å²) >= 11 is 0. The van der Waals surface area contributed by atoms with Crippen LogP contribution in [-0.4, -0.2) is 64.9 Å². The Morgan fingerprint density at radius 2 is 1.74 bits per heavy atom. The minimum atomic E-state index is -3.16. The van der Waals surface area contributed by atoms with Crippen LogP contribution in [0.2, 0.25) is 0 Å². The first-order chi connectivity index (χ1) is 15.0. The average Bonchev–Trinajstić information content (AvgIpc) is 3.23. The van der Waals surface area contributed by atoms with Gasteiger partial charge >= 0.3 is 0 Å². The van der Waals surface area contributed by atoms with Gasteiger partial charge in [-0.2, -0.15) is 9.40 Å². The fraction of sp³-hybridized carbons (Fsp3) is 0.227. The van der Waals surface area contributed by atoms with Crippen LogP contribution in [0.15, 0.2) is 67.3 Å². The van der Waals surface area contributed by atoms with E-state index in [1.807, 2.05) is 41.3 Å². The Morgan fingerprint density at radius 3 is 2.48 bits per heavy atom. The van der Waals surface area contributed by atoms with Gasteiger partial charge in [0.05, 0.1) is 23.7 Å². The number of nitrogens with zero attached hydrogens (tertiary/aromatic N) is 6. The van der Waals surface area contributed by atoms with E-state index < -0.39 is 10.0 Å². The number of piperazine rings is 1. The van der Waals surface area contributed by atoms with Gasteiger partial charge in [0.25, 0.3) is 0 Å². The number of benzene rings is 1. The van der Waals surface area contributed by atoms with Crippen molar-refractivity contribution in [2.45, 2.75) is 0 Å². The third kappa shape index (κ3) is 3.89. The summed E-state index contributed by atoms with van der Waals surface area (Å²) in [5.74, 6) is 0.817. The fourth-order valence-corrected chi connectivity index (χ4v) is 4.73. The summed E-state index contributed by atoms with van der Waals surface area (Å²) in [6.45, 7) is 2.14. The smallest absolute Gasteiger partial charge is 0.211 e. The van der Waals surface area contributed by atoms with E-state index in [-0.39, 0.29) is 0 Å². The zero-order valence-electron chi connectivity index (χ0n) is 17.1. The molecule has 5 rings (SSSR count). The van der Waals surface area contributed by atoms with Crippen LogP contribution in [0.1, 0.15) is 0 Å². The van der Waals surface area contributed by atoms with E-state index in [0.29, 0.717) is 26.2 Å². The lowest BCUT2D eigenvalue weighted by molar-refractivity contribution is 0.387. The molecule has 0 atom stereocenters. The van der Waals surface area contributed by atoms with Crippen molar-refractivity contribution in [1.29, 1.82) is 0 Å². The Morgan fingerprint density at radius 1 is 0.903 bits per heavy atom. The van der Waals surface area contributed by atoms with E-state index in [9.17, 15) is 8.42 Å². The molecular weight excluding hydrogens is 412 g/mol. The summed E-state index contributed by atoms with van der Waals surface area (Å²) in [7, 11) is -3.16. The van der Waals surface area contributed by atoms with E-state index in [1.165, 1.54) is 10.6 Å². The second-order valence-electron chi connectivity index (χ2n) is 7.59. The van der Waals surface area contributed by atoms with Crippen molar-refractivity contribution < 1.29 is 8.42 Å². The van der Waals surface area contributed by atoms with E-state index in [4.69, 9.17) is 0 Å². The summed E-state index contributed by atoms with van der Waals surface area (Å²) < 4.78 is 27.0. The summed E-state index contributed by atoms with van der Waals surface area (Å²) in [4.78, 5) is 10.8. The van der Waals surface area contributed by atoms with Crippen molar-refractivity contribution >= 4 is 26.7 Å². The van der Waals surface area contributed by atoms with Crippen molar-refractivity contribution in [2.24, 2.45) is 0 Å². The molecule has 0 unspecified atom stereocenters. The quantitative estimate of drug-likeness (QED) is 0.491. The first-order valence-electron chi connectivity index (χ1n) is 10.0. The van der Waals surface area contributed by atoms with Crippen LogP contribution in [0.3, 0.4) is 0 Å². The number of rotatable bonds is 4. The summed E-state index contributed by atoms with van der Waals surface area (Å²) in [5.41, 5.74) is 4.04. The zero-order valence-corrected chi connectivity index (χ0v) is 17.9. The van der Waals surface area contributed by atoms with Crippen LogP contribution in [0.5, 0.6) is 0 Å². The van der Waals surface area contributed by atoms with Gasteiger partial charge in [0.1, 0.15) is 5.82 Å². The Kier molecular flexibility index (Phi) is 4.91. The van der Waals surface area contributed by atoms with Gasteiger partial charge in [-0.3, -0.25) is 4.98 Å². The standard InChI is InChI=1S/C22H22N6O2S/c1-31(29,30)27-11-9-26(10-12-27)22-14-20(6-8-24-22)28-21-13-17(4-5-19(21)16-25-28)18-3-2-7-23-15-18/h2-8,13-16H,9-12H2,1H3. The molecule has 4 aromatic rings. The average molecular weight is 435 g/mol. The third-order valence-electron chi connectivity index (χ3n) is 5.57. The molecule has 1 aliphatic heterocycles. The number of aromatic nitrogens is 4. The lowest BCUT2D eigenvalue weighted by Crippen LogP contribution is -2.48. The van der Waals surface area contributed by atoms with Crippen LogP contribution >= 0.6 is 0 Å². The molecule has 158 valence electrons. The highest BCUT2D eigenvalue weighted by Gasteiger charge is 2.24. The molecule has 3 aromatic heterocycles. The molecule has 9 heteroatoms. The topological polar surface area (TPSA) is 84.2 Å². The minimum Gasteiger partial charge on any atom is -0.354 e.